The third kappa shape index (κ3) is 6.33. The number of carbonyl (C=O) groups is 1. The Hall–Kier alpha value is -0.770. The molecule has 134 valence electrons. The van der Waals surface area contributed by atoms with E-state index in [1.807, 2.05) is 25.7 Å². The van der Waals surface area contributed by atoms with Gasteiger partial charge in [-0.15, -0.1) is 0 Å². The van der Waals surface area contributed by atoms with Crippen LogP contribution < -0.4 is 5.32 Å². The Kier molecular flexibility index (Phi) is 6.75. The highest BCUT2D eigenvalue weighted by Gasteiger charge is 2.27. The Balaban J connectivity index is 1.62. The van der Waals surface area contributed by atoms with Gasteiger partial charge < -0.3 is 15.0 Å². The minimum Gasteiger partial charge on any atom is -0.444 e. The largest absolute Gasteiger partial charge is 0.444 e. The van der Waals surface area contributed by atoms with E-state index in [9.17, 15) is 4.79 Å². The first-order valence-corrected chi connectivity index (χ1v) is 9.58. The van der Waals surface area contributed by atoms with Crippen molar-refractivity contribution in [2.24, 2.45) is 11.8 Å². The average molecular weight is 325 g/mol. The molecule has 0 bridgehead atoms. The van der Waals surface area contributed by atoms with E-state index in [0.717, 1.165) is 44.4 Å². The molecule has 0 aromatic rings. The molecule has 23 heavy (non-hydrogen) atoms. The number of likely N-dealkylation sites (tertiary alicyclic amines) is 1. The third-order valence-electron chi connectivity index (χ3n) is 5.39. The minimum atomic E-state index is -0.396. The van der Waals surface area contributed by atoms with Crippen LogP contribution in [0.1, 0.15) is 72.6 Å². The molecule has 1 saturated carbocycles. The summed E-state index contributed by atoms with van der Waals surface area (Å²) in [5, 5.41) is 3.78. The zero-order valence-corrected chi connectivity index (χ0v) is 15.6. The lowest BCUT2D eigenvalue weighted by molar-refractivity contribution is 0.0182. The van der Waals surface area contributed by atoms with Gasteiger partial charge in [0.1, 0.15) is 5.60 Å². The molecular formula is C19H36N2O2. The van der Waals surface area contributed by atoms with Crippen molar-refractivity contribution in [3.8, 4) is 0 Å². The van der Waals surface area contributed by atoms with Crippen LogP contribution in [0.4, 0.5) is 4.79 Å². The molecular weight excluding hydrogens is 288 g/mol. The maximum Gasteiger partial charge on any atom is 0.410 e. The molecule has 1 aliphatic carbocycles. The van der Waals surface area contributed by atoms with Gasteiger partial charge in [-0.25, -0.2) is 4.79 Å². The fourth-order valence-corrected chi connectivity index (χ4v) is 3.75. The third-order valence-corrected chi connectivity index (χ3v) is 5.39. The summed E-state index contributed by atoms with van der Waals surface area (Å²) in [6.07, 6.45) is 8.85. The topological polar surface area (TPSA) is 41.6 Å². The van der Waals surface area contributed by atoms with E-state index < -0.39 is 5.60 Å². The van der Waals surface area contributed by atoms with Crippen molar-refractivity contribution in [1.29, 1.82) is 0 Å². The lowest BCUT2D eigenvalue weighted by Crippen LogP contribution is -2.44. The molecule has 1 aliphatic heterocycles. The first kappa shape index (κ1) is 18.6. The van der Waals surface area contributed by atoms with Gasteiger partial charge in [0.2, 0.25) is 0 Å². The number of hydrogen-bond acceptors (Lipinski definition) is 3. The van der Waals surface area contributed by atoms with Crippen molar-refractivity contribution >= 4 is 6.09 Å². The number of nitrogens with one attached hydrogen (secondary N) is 1. The highest BCUT2D eigenvalue weighted by molar-refractivity contribution is 5.68. The van der Waals surface area contributed by atoms with Crippen LogP contribution in [-0.2, 0) is 4.74 Å². The quantitative estimate of drug-likeness (QED) is 0.843. The molecule has 1 N–H and O–H groups in total. The highest BCUT2D eigenvalue weighted by Crippen LogP contribution is 2.27. The molecule has 0 aromatic heterocycles. The molecule has 0 unspecified atom stereocenters. The number of amides is 1. The van der Waals surface area contributed by atoms with Gasteiger partial charge in [0.05, 0.1) is 0 Å². The Bertz CT molecular complexity index is 362. The minimum absolute atomic E-state index is 0.151. The first-order chi connectivity index (χ1) is 10.9. The molecule has 2 rings (SSSR count). The van der Waals surface area contributed by atoms with E-state index in [1.165, 1.54) is 32.1 Å². The summed E-state index contributed by atoms with van der Waals surface area (Å²) in [4.78, 5) is 13.9. The fraction of sp³-hybridized carbons (Fsp3) is 0.947. The maximum absolute atomic E-state index is 12.1. The molecule has 0 radical (unpaired) electrons. The summed E-state index contributed by atoms with van der Waals surface area (Å²) in [7, 11) is 0. The highest BCUT2D eigenvalue weighted by atomic mass is 16.6. The number of piperidine rings is 1. The van der Waals surface area contributed by atoms with Gasteiger partial charge in [-0.1, -0.05) is 13.3 Å². The van der Waals surface area contributed by atoms with E-state index >= 15 is 0 Å². The second kappa shape index (κ2) is 8.36. The molecule has 1 saturated heterocycles. The van der Waals surface area contributed by atoms with Gasteiger partial charge in [-0.3, -0.25) is 0 Å². The van der Waals surface area contributed by atoms with E-state index in [2.05, 4.69) is 12.2 Å². The molecule has 2 aliphatic rings. The zero-order valence-electron chi connectivity index (χ0n) is 15.6. The van der Waals surface area contributed by atoms with E-state index in [1.54, 1.807) is 0 Å². The second-order valence-corrected chi connectivity index (χ2v) is 8.44. The monoisotopic (exact) mass is 324 g/mol. The number of ether oxygens (including phenoxy) is 1. The summed E-state index contributed by atoms with van der Waals surface area (Å²) < 4.78 is 5.46. The standard InChI is InChI=1S/C19H36N2O2/c1-5-15-6-8-17(9-7-15)20-14-16-10-12-21(13-11-16)18(22)23-19(2,3)4/h15-17,20H,5-14H2,1-4H3. The molecule has 0 aromatic carbocycles. The van der Waals surface area contributed by atoms with Crippen LogP contribution in [0.5, 0.6) is 0 Å². The smallest absolute Gasteiger partial charge is 0.410 e. The molecule has 1 heterocycles. The van der Waals surface area contributed by atoms with Crippen molar-refractivity contribution in [1.82, 2.24) is 10.2 Å². The molecule has 4 heteroatoms. The lowest BCUT2D eigenvalue weighted by Gasteiger charge is -2.35. The predicted octanol–water partition coefficient (Wildman–Crippen LogP) is 4.19. The molecule has 4 nitrogen and oxygen atoms in total. The van der Waals surface area contributed by atoms with E-state index in [-0.39, 0.29) is 6.09 Å². The van der Waals surface area contributed by atoms with Gasteiger partial charge >= 0.3 is 6.09 Å². The van der Waals surface area contributed by atoms with Crippen LogP contribution in [0.25, 0.3) is 0 Å². The number of hydrogen-bond donors (Lipinski definition) is 1. The van der Waals surface area contributed by atoms with Crippen LogP contribution in [0.3, 0.4) is 0 Å². The molecule has 2 fully saturated rings. The first-order valence-electron chi connectivity index (χ1n) is 9.58. The van der Waals surface area contributed by atoms with E-state index in [4.69, 9.17) is 4.74 Å². The van der Waals surface area contributed by atoms with Crippen molar-refractivity contribution in [2.45, 2.75) is 84.3 Å². The summed E-state index contributed by atoms with van der Waals surface area (Å²) in [6.45, 7) is 10.9. The predicted molar refractivity (Wildman–Crippen MR) is 94.6 cm³/mol. The van der Waals surface area contributed by atoms with Crippen LogP contribution in [0.15, 0.2) is 0 Å². The molecule has 0 spiro atoms. The zero-order chi connectivity index (χ0) is 16.9. The van der Waals surface area contributed by atoms with Gasteiger partial charge in [0, 0.05) is 19.1 Å². The normalized spacial score (nSPS) is 27.0. The fourth-order valence-electron chi connectivity index (χ4n) is 3.75. The van der Waals surface area contributed by atoms with Gasteiger partial charge in [0.25, 0.3) is 0 Å². The Morgan fingerprint density at radius 2 is 1.65 bits per heavy atom. The van der Waals surface area contributed by atoms with Gasteiger partial charge in [-0.05, 0) is 77.7 Å². The Morgan fingerprint density at radius 3 is 2.17 bits per heavy atom. The van der Waals surface area contributed by atoms with Crippen LogP contribution >= 0.6 is 0 Å². The Morgan fingerprint density at radius 1 is 1.04 bits per heavy atom. The van der Waals surface area contributed by atoms with Gasteiger partial charge in [-0.2, -0.15) is 0 Å². The summed E-state index contributed by atoms with van der Waals surface area (Å²) >= 11 is 0. The SMILES string of the molecule is CCC1CCC(NCC2CCN(C(=O)OC(C)(C)C)CC2)CC1. The van der Waals surface area contributed by atoms with Crippen molar-refractivity contribution in [2.75, 3.05) is 19.6 Å². The van der Waals surface area contributed by atoms with E-state index in [0.29, 0.717) is 5.92 Å². The number of nitrogens with zero attached hydrogens (tertiary/aromatic N) is 1. The average Bonchev–Trinajstić information content (AvgIpc) is 2.52. The van der Waals surface area contributed by atoms with Gasteiger partial charge in [0.15, 0.2) is 0 Å². The lowest BCUT2D eigenvalue weighted by atomic mass is 9.84. The number of rotatable bonds is 4. The maximum atomic E-state index is 12.1. The Labute approximate surface area is 142 Å². The van der Waals surface area contributed by atoms with Crippen molar-refractivity contribution in [3.05, 3.63) is 0 Å². The molecule has 1 amide bonds. The summed E-state index contributed by atoms with van der Waals surface area (Å²) in [6, 6.07) is 0.724. The van der Waals surface area contributed by atoms with Crippen LogP contribution in [-0.4, -0.2) is 42.3 Å². The van der Waals surface area contributed by atoms with Crippen molar-refractivity contribution in [3.63, 3.8) is 0 Å². The second-order valence-electron chi connectivity index (χ2n) is 8.44. The van der Waals surface area contributed by atoms with Crippen molar-refractivity contribution < 1.29 is 9.53 Å². The molecule has 0 atom stereocenters. The van der Waals surface area contributed by atoms with Crippen LogP contribution in [0.2, 0.25) is 0 Å². The summed E-state index contributed by atoms with van der Waals surface area (Å²) in [5.41, 5.74) is -0.396. The van der Waals surface area contributed by atoms with Crippen LogP contribution in [0, 0.1) is 11.8 Å². The summed E-state index contributed by atoms with van der Waals surface area (Å²) in [5.74, 6) is 1.67. The number of carbonyl (C=O) groups excluding carboxylic acids is 1.